The van der Waals surface area contributed by atoms with E-state index in [1.54, 1.807) is 50.7 Å². The maximum Gasteiger partial charge on any atom is 0.261 e. The number of pyridine rings is 1. The summed E-state index contributed by atoms with van der Waals surface area (Å²) in [7, 11) is 3.12. The van der Waals surface area contributed by atoms with Crippen LogP contribution in [-0.2, 0) is 4.74 Å². The zero-order valence-electron chi connectivity index (χ0n) is 12.8. The largest absolute Gasteiger partial charge is 0.497 e. The van der Waals surface area contributed by atoms with Crippen LogP contribution in [0.15, 0.2) is 36.5 Å². The first kappa shape index (κ1) is 17.1. The van der Waals surface area contributed by atoms with Gasteiger partial charge in [-0.1, -0.05) is 11.6 Å². The molecule has 0 spiro atoms. The molecule has 23 heavy (non-hydrogen) atoms. The number of benzene rings is 1. The van der Waals surface area contributed by atoms with Gasteiger partial charge < -0.3 is 19.5 Å². The highest BCUT2D eigenvalue weighted by Gasteiger charge is 2.15. The van der Waals surface area contributed by atoms with Gasteiger partial charge in [-0.2, -0.15) is 0 Å². The Morgan fingerprint density at radius 1 is 1.26 bits per heavy atom. The first-order valence-electron chi connectivity index (χ1n) is 6.87. The van der Waals surface area contributed by atoms with Crippen molar-refractivity contribution in [3.8, 4) is 11.6 Å². The summed E-state index contributed by atoms with van der Waals surface area (Å²) in [4.78, 5) is 16.5. The van der Waals surface area contributed by atoms with Gasteiger partial charge >= 0.3 is 0 Å². The highest BCUT2D eigenvalue weighted by atomic mass is 35.5. The van der Waals surface area contributed by atoms with Crippen molar-refractivity contribution >= 4 is 23.2 Å². The third-order valence-electron chi connectivity index (χ3n) is 2.97. The van der Waals surface area contributed by atoms with Crippen LogP contribution in [0, 0.1) is 0 Å². The number of amides is 1. The van der Waals surface area contributed by atoms with Gasteiger partial charge in [0, 0.05) is 19.4 Å². The Morgan fingerprint density at radius 3 is 2.78 bits per heavy atom. The lowest BCUT2D eigenvalue weighted by Gasteiger charge is -2.11. The van der Waals surface area contributed by atoms with Crippen LogP contribution in [0.4, 0.5) is 5.69 Å². The molecular weight excluding hydrogens is 320 g/mol. The van der Waals surface area contributed by atoms with E-state index in [4.69, 9.17) is 25.8 Å². The van der Waals surface area contributed by atoms with E-state index in [1.165, 1.54) is 0 Å². The summed E-state index contributed by atoms with van der Waals surface area (Å²) < 4.78 is 15.4. The molecule has 1 N–H and O–H groups in total. The van der Waals surface area contributed by atoms with Crippen LogP contribution in [0.2, 0.25) is 5.02 Å². The van der Waals surface area contributed by atoms with E-state index in [0.29, 0.717) is 35.2 Å². The summed E-state index contributed by atoms with van der Waals surface area (Å²) in [6.07, 6.45) is 1.55. The topological polar surface area (TPSA) is 69.7 Å². The van der Waals surface area contributed by atoms with Crippen molar-refractivity contribution in [2.24, 2.45) is 0 Å². The fourth-order valence-corrected chi connectivity index (χ4v) is 2.03. The lowest BCUT2D eigenvalue weighted by molar-refractivity contribution is 0.101. The molecule has 0 atom stereocenters. The molecule has 2 rings (SSSR count). The molecule has 0 radical (unpaired) electrons. The molecule has 0 saturated carbocycles. The molecule has 0 aliphatic carbocycles. The Kier molecular flexibility index (Phi) is 6.19. The summed E-state index contributed by atoms with van der Waals surface area (Å²) in [6, 6.07) is 8.29. The molecule has 1 amide bonds. The van der Waals surface area contributed by atoms with Gasteiger partial charge in [-0.15, -0.1) is 0 Å². The highest BCUT2D eigenvalue weighted by molar-refractivity contribution is 6.34. The summed E-state index contributed by atoms with van der Waals surface area (Å²) in [5.41, 5.74) is 0.791. The predicted molar refractivity (Wildman–Crippen MR) is 87.6 cm³/mol. The van der Waals surface area contributed by atoms with Crippen LogP contribution >= 0.6 is 11.6 Å². The van der Waals surface area contributed by atoms with Crippen molar-refractivity contribution < 1.29 is 19.0 Å². The minimum atomic E-state index is -0.363. The number of methoxy groups -OCH3 is 2. The average molecular weight is 337 g/mol. The zero-order chi connectivity index (χ0) is 16.7. The number of nitrogens with zero attached hydrogens (tertiary/aromatic N) is 1. The molecule has 6 nitrogen and oxygen atoms in total. The molecule has 2 aromatic rings. The molecular formula is C16H17ClN2O4. The number of carbonyl (C=O) groups excluding carboxylic acids is 1. The van der Waals surface area contributed by atoms with Gasteiger partial charge in [0.05, 0.1) is 24.4 Å². The van der Waals surface area contributed by atoms with E-state index < -0.39 is 0 Å². The highest BCUT2D eigenvalue weighted by Crippen LogP contribution is 2.27. The number of ether oxygens (including phenoxy) is 3. The Hall–Kier alpha value is -2.31. The van der Waals surface area contributed by atoms with Crippen molar-refractivity contribution in [1.29, 1.82) is 0 Å². The third kappa shape index (κ3) is 4.58. The van der Waals surface area contributed by atoms with Crippen LogP contribution in [0.3, 0.4) is 0 Å². The van der Waals surface area contributed by atoms with Crippen LogP contribution in [-0.4, -0.2) is 38.3 Å². The maximum absolute atomic E-state index is 12.4. The van der Waals surface area contributed by atoms with Crippen molar-refractivity contribution in [2.45, 2.75) is 0 Å². The molecule has 0 bridgehead atoms. The molecule has 0 unspecified atom stereocenters. The van der Waals surface area contributed by atoms with Gasteiger partial charge in [0.2, 0.25) is 5.88 Å². The third-order valence-corrected chi connectivity index (χ3v) is 3.28. The summed E-state index contributed by atoms with van der Waals surface area (Å²) in [5, 5.41) is 3.11. The fourth-order valence-electron chi connectivity index (χ4n) is 1.81. The first-order chi connectivity index (χ1) is 11.2. The second-order valence-electron chi connectivity index (χ2n) is 4.50. The first-order valence-corrected chi connectivity index (χ1v) is 7.25. The second-order valence-corrected chi connectivity index (χ2v) is 4.90. The lowest BCUT2D eigenvalue weighted by Crippen LogP contribution is -2.16. The van der Waals surface area contributed by atoms with E-state index >= 15 is 0 Å². The summed E-state index contributed by atoms with van der Waals surface area (Å²) in [6.45, 7) is 0.707. The molecule has 0 aliphatic rings. The minimum absolute atomic E-state index is 0.242. The SMILES string of the molecule is COCCOc1ncccc1C(=O)Nc1ccc(OC)cc1Cl. The lowest BCUT2D eigenvalue weighted by atomic mass is 10.2. The second kappa shape index (κ2) is 8.36. The van der Waals surface area contributed by atoms with Crippen molar-refractivity contribution in [1.82, 2.24) is 4.98 Å². The van der Waals surface area contributed by atoms with Crippen LogP contribution in [0.1, 0.15) is 10.4 Å². The molecule has 0 aliphatic heterocycles. The number of carbonyl (C=O) groups is 1. The predicted octanol–water partition coefficient (Wildman–Crippen LogP) is 3.02. The molecule has 0 fully saturated rings. The van der Waals surface area contributed by atoms with Gasteiger partial charge in [0.1, 0.15) is 17.9 Å². The molecule has 0 saturated heterocycles. The number of rotatable bonds is 7. The van der Waals surface area contributed by atoms with E-state index in [2.05, 4.69) is 10.3 Å². The quantitative estimate of drug-likeness (QED) is 0.787. The van der Waals surface area contributed by atoms with E-state index in [9.17, 15) is 4.79 Å². The van der Waals surface area contributed by atoms with Crippen LogP contribution in [0.25, 0.3) is 0 Å². The van der Waals surface area contributed by atoms with Gasteiger partial charge in [-0.3, -0.25) is 4.79 Å². The smallest absolute Gasteiger partial charge is 0.261 e. The molecule has 1 aromatic heterocycles. The fraction of sp³-hybridized carbons (Fsp3) is 0.250. The van der Waals surface area contributed by atoms with Gasteiger partial charge in [-0.05, 0) is 24.3 Å². The standard InChI is InChI=1S/C16H17ClN2O4/c1-21-8-9-23-16-12(4-3-7-18-16)15(20)19-14-6-5-11(22-2)10-13(14)17/h3-7,10H,8-9H2,1-2H3,(H,19,20). The monoisotopic (exact) mass is 336 g/mol. The van der Waals surface area contributed by atoms with Crippen molar-refractivity contribution in [3.05, 3.63) is 47.1 Å². The Balaban J connectivity index is 2.14. The Bertz CT molecular complexity index is 679. The number of anilines is 1. The van der Waals surface area contributed by atoms with Gasteiger partial charge in [-0.25, -0.2) is 4.98 Å². The maximum atomic E-state index is 12.4. The normalized spacial score (nSPS) is 10.2. The summed E-state index contributed by atoms with van der Waals surface area (Å²) in [5.74, 6) is 0.488. The van der Waals surface area contributed by atoms with Crippen LogP contribution < -0.4 is 14.8 Å². The molecule has 7 heteroatoms. The van der Waals surface area contributed by atoms with Crippen molar-refractivity contribution in [3.63, 3.8) is 0 Å². The number of nitrogens with one attached hydrogen (secondary N) is 1. The average Bonchev–Trinajstić information content (AvgIpc) is 2.57. The number of hydrogen-bond acceptors (Lipinski definition) is 5. The molecule has 1 heterocycles. The van der Waals surface area contributed by atoms with E-state index in [-0.39, 0.29) is 11.8 Å². The van der Waals surface area contributed by atoms with Gasteiger partial charge in [0.25, 0.3) is 5.91 Å². The number of hydrogen-bond donors (Lipinski definition) is 1. The Labute approximate surface area is 139 Å². The molecule has 1 aromatic carbocycles. The van der Waals surface area contributed by atoms with Crippen molar-refractivity contribution in [2.75, 3.05) is 32.8 Å². The Morgan fingerprint density at radius 2 is 2.09 bits per heavy atom. The molecule has 122 valence electrons. The minimum Gasteiger partial charge on any atom is -0.497 e. The summed E-state index contributed by atoms with van der Waals surface area (Å²) >= 11 is 6.12. The number of halogens is 1. The van der Waals surface area contributed by atoms with Gasteiger partial charge in [0.15, 0.2) is 0 Å². The number of aromatic nitrogens is 1. The van der Waals surface area contributed by atoms with E-state index in [0.717, 1.165) is 0 Å². The van der Waals surface area contributed by atoms with Crippen LogP contribution in [0.5, 0.6) is 11.6 Å². The zero-order valence-corrected chi connectivity index (χ0v) is 13.6. The van der Waals surface area contributed by atoms with E-state index in [1.807, 2.05) is 0 Å².